The second kappa shape index (κ2) is 6.15. The zero-order valence-corrected chi connectivity index (χ0v) is 12.6. The monoisotopic (exact) mass is 316 g/mol. The summed E-state index contributed by atoms with van der Waals surface area (Å²) in [4.78, 5) is 26.3. The lowest BCUT2D eigenvalue weighted by atomic mass is 9.84. The van der Waals surface area contributed by atoms with Gasteiger partial charge < -0.3 is 9.84 Å². The van der Waals surface area contributed by atoms with E-state index in [1.54, 1.807) is 19.1 Å². The van der Waals surface area contributed by atoms with E-state index >= 15 is 0 Å². The van der Waals surface area contributed by atoms with Gasteiger partial charge in [0.1, 0.15) is 6.04 Å². The van der Waals surface area contributed by atoms with Crippen molar-refractivity contribution in [3.05, 3.63) is 40.3 Å². The summed E-state index contributed by atoms with van der Waals surface area (Å²) >= 11 is 0. The van der Waals surface area contributed by atoms with Crippen molar-refractivity contribution in [1.29, 1.82) is 0 Å². The van der Waals surface area contributed by atoms with Gasteiger partial charge in [-0.05, 0) is 31.9 Å². The highest BCUT2D eigenvalue weighted by Gasteiger charge is 2.27. The molecule has 2 aromatic rings. The summed E-state index contributed by atoms with van der Waals surface area (Å²) in [7, 11) is 0. The van der Waals surface area contributed by atoms with Crippen LogP contribution in [0.3, 0.4) is 0 Å². The Bertz CT molecular complexity index is 721. The lowest BCUT2D eigenvalue weighted by molar-refractivity contribution is -0.384. The molecule has 1 heterocycles. The van der Waals surface area contributed by atoms with Crippen molar-refractivity contribution in [1.82, 2.24) is 15.5 Å². The van der Waals surface area contributed by atoms with E-state index in [2.05, 4.69) is 15.5 Å². The molecule has 8 nitrogen and oxygen atoms in total. The van der Waals surface area contributed by atoms with Gasteiger partial charge in [-0.25, -0.2) is 0 Å². The van der Waals surface area contributed by atoms with Gasteiger partial charge in [0.25, 0.3) is 5.69 Å². The molecule has 1 saturated carbocycles. The van der Waals surface area contributed by atoms with Crippen LogP contribution in [-0.4, -0.2) is 21.0 Å². The molecule has 1 aromatic carbocycles. The van der Waals surface area contributed by atoms with Gasteiger partial charge >= 0.3 is 0 Å². The van der Waals surface area contributed by atoms with Gasteiger partial charge in [0.2, 0.25) is 17.6 Å². The lowest BCUT2D eigenvalue weighted by Crippen LogP contribution is -2.36. The zero-order chi connectivity index (χ0) is 16.4. The largest absolute Gasteiger partial charge is 0.344 e. The Morgan fingerprint density at radius 3 is 2.65 bits per heavy atom. The second-order valence-electron chi connectivity index (χ2n) is 5.62. The van der Waals surface area contributed by atoms with Crippen molar-refractivity contribution >= 4 is 11.6 Å². The number of rotatable bonds is 5. The number of nitrogens with one attached hydrogen (secondary N) is 1. The number of hydrogen-bond donors (Lipinski definition) is 1. The smallest absolute Gasteiger partial charge is 0.269 e. The summed E-state index contributed by atoms with van der Waals surface area (Å²) in [6, 6.07) is 5.51. The fourth-order valence-corrected chi connectivity index (χ4v) is 2.32. The van der Waals surface area contributed by atoms with Crippen LogP contribution in [0.2, 0.25) is 0 Å². The lowest BCUT2D eigenvalue weighted by Gasteiger charge is -2.25. The molecule has 0 saturated heterocycles. The van der Waals surface area contributed by atoms with Gasteiger partial charge in [-0.1, -0.05) is 11.6 Å². The van der Waals surface area contributed by atoms with Crippen LogP contribution in [-0.2, 0) is 4.79 Å². The van der Waals surface area contributed by atoms with Crippen molar-refractivity contribution in [2.75, 3.05) is 0 Å². The number of nitro groups is 1. The number of amides is 1. The first-order valence-corrected chi connectivity index (χ1v) is 7.43. The molecule has 1 aliphatic carbocycles. The van der Waals surface area contributed by atoms with E-state index in [-0.39, 0.29) is 23.6 Å². The molecule has 0 bridgehead atoms. The fraction of sp³-hybridized carbons (Fsp3) is 0.400. The molecule has 1 amide bonds. The molecule has 1 aromatic heterocycles. The molecule has 23 heavy (non-hydrogen) atoms. The van der Waals surface area contributed by atoms with E-state index in [1.807, 2.05) is 0 Å². The Hall–Kier alpha value is -2.77. The molecule has 0 radical (unpaired) electrons. The number of carbonyl (C=O) groups excluding carboxylic acids is 1. The second-order valence-corrected chi connectivity index (χ2v) is 5.62. The molecule has 0 aliphatic heterocycles. The van der Waals surface area contributed by atoms with E-state index in [1.165, 1.54) is 12.1 Å². The summed E-state index contributed by atoms with van der Waals surface area (Å²) < 4.78 is 5.18. The summed E-state index contributed by atoms with van der Waals surface area (Å²) in [5, 5.41) is 17.4. The van der Waals surface area contributed by atoms with Crippen LogP contribution in [0.25, 0.3) is 11.4 Å². The maximum atomic E-state index is 11.9. The minimum Gasteiger partial charge on any atom is -0.344 e. The van der Waals surface area contributed by atoms with Gasteiger partial charge in [-0.2, -0.15) is 4.98 Å². The van der Waals surface area contributed by atoms with Crippen LogP contribution in [0.1, 0.15) is 38.1 Å². The molecule has 3 rings (SSSR count). The maximum Gasteiger partial charge on any atom is 0.269 e. The number of carbonyl (C=O) groups is 1. The van der Waals surface area contributed by atoms with Gasteiger partial charge in [-0.15, -0.1) is 0 Å². The first-order valence-electron chi connectivity index (χ1n) is 7.43. The molecular weight excluding hydrogens is 300 g/mol. The van der Waals surface area contributed by atoms with Gasteiger partial charge in [0.05, 0.1) is 4.92 Å². The Morgan fingerprint density at radius 1 is 1.39 bits per heavy atom. The quantitative estimate of drug-likeness (QED) is 0.670. The predicted octanol–water partition coefficient (Wildman–Crippen LogP) is 2.62. The van der Waals surface area contributed by atoms with E-state index < -0.39 is 4.92 Å². The summed E-state index contributed by atoms with van der Waals surface area (Å²) in [6.07, 6.45) is 2.95. The average molecular weight is 316 g/mol. The highest BCUT2D eigenvalue weighted by Crippen LogP contribution is 2.27. The van der Waals surface area contributed by atoms with Crippen LogP contribution in [0, 0.1) is 16.0 Å². The van der Waals surface area contributed by atoms with Crippen LogP contribution in [0.15, 0.2) is 28.8 Å². The van der Waals surface area contributed by atoms with Crippen LogP contribution < -0.4 is 5.32 Å². The van der Waals surface area contributed by atoms with Gasteiger partial charge in [-0.3, -0.25) is 14.9 Å². The van der Waals surface area contributed by atoms with Gasteiger partial charge in [0, 0.05) is 23.6 Å². The molecule has 1 N–H and O–H groups in total. The van der Waals surface area contributed by atoms with Crippen LogP contribution >= 0.6 is 0 Å². The average Bonchev–Trinajstić information content (AvgIpc) is 2.95. The third kappa shape index (κ3) is 3.20. The molecule has 1 aliphatic rings. The molecule has 0 spiro atoms. The van der Waals surface area contributed by atoms with Gasteiger partial charge in [0.15, 0.2) is 0 Å². The van der Waals surface area contributed by atoms with E-state index in [0.717, 1.165) is 19.3 Å². The third-order valence-corrected chi connectivity index (χ3v) is 3.98. The highest BCUT2D eigenvalue weighted by molar-refractivity contribution is 5.79. The number of nitrogens with zero attached hydrogens (tertiary/aromatic N) is 3. The number of non-ortho nitro benzene ring substituents is 1. The predicted molar refractivity (Wildman–Crippen MR) is 80.3 cm³/mol. The molecule has 1 atom stereocenters. The van der Waals surface area contributed by atoms with E-state index in [0.29, 0.717) is 17.3 Å². The van der Waals surface area contributed by atoms with Crippen molar-refractivity contribution in [3.8, 4) is 11.4 Å². The summed E-state index contributed by atoms with van der Waals surface area (Å²) in [5.74, 6) is 0.749. The number of benzene rings is 1. The first kappa shape index (κ1) is 15.1. The Kier molecular flexibility index (Phi) is 4.05. The minimum atomic E-state index is -0.469. The third-order valence-electron chi connectivity index (χ3n) is 3.98. The minimum absolute atomic E-state index is 0.00130. The van der Waals surface area contributed by atoms with E-state index in [4.69, 9.17) is 4.52 Å². The Balaban J connectivity index is 1.69. The molecule has 1 unspecified atom stereocenters. The zero-order valence-electron chi connectivity index (χ0n) is 12.6. The Morgan fingerprint density at radius 2 is 2.09 bits per heavy atom. The highest BCUT2D eigenvalue weighted by atomic mass is 16.6. The first-order chi connectivity index (χ1) is 11.0. The van der Waals surface area contributed by atoms with Crippen molar-refractivity contribution in [2.45, 2.75) is 32.2 Å². The summed E-state index contributed by atoms with van der Waals surface area (Å²) in [5.41, 5.74) is 0.613. The van der Waals surface area contributed by atoms with Crippen molar-refractivity contribution in [3.63, 3.8) is 0 Å². The van der Waals surface area contributed by atoms with Crippen molar-refractivity contribution in [2.24, 2.45) is 5.92 Å². The number of hydrogen-bond acceptors (Lipinski definition) is 6. The normalized spacial score (nSPS) is 15.7. The topological polar surface area (TPSA) is 111 Å². The fourth-order valence-electron chi connectivity index (χ4n) is 2.32. The molecule has 1 fully saturated rings. The molecule has 8 heteroatoms. The van der Waals surface area contributed by atoms with E-state index in [9.17, 15) is 14.9 Å². The standard InChI is InChI=1S/C15H16N4O4/c1-9(16-14(20)11-3-2-4-11)15-17-13(18-23-15)10-5-7-12(8-6-10)19(21)22/h5-9,11H,2-4H2,1H3,(H,16,20). The maximum absolute atomic E-state index is 11.9. The SMILES string of the molecule is CC(NC(=O)C1CCC1)c1nc(-c2ccc([N+](=O)[O-])cc2)no1. The van der Waals surface area contributed by atoms with Crippen LogP contribution in [0.4, 0.5) is 5.69 Å². The molecular formula is C15H16N4O4. The van der Waals surface area contributed by atoms with Crippen LogP contribution in [0.5, 0.6) is 0 Å². The number of aromatic nitrogens is 2. The summed E-state index contributed by atoms with van der Waals surface area (Å²) in [6.45, 7) is 1.78. The van der Waals surface area contributed by atoms with Crippen molar-refractivity contribution < 1.29 is 14.2 Å². The molecule has 120 valence electrons. The Labute approximate surface area is 132 Å². The number of nitro benzene ring substituents is 1.